The second-order valence-electron chi connectivity index (χ2n) is 6.27. The lowest BCUT2D eigenvalue weighted by Gasteiger charge is -2.16. The van der Waals surface area contributed by atoms with E-state index in [1.807, 2.05) is 42.5 Å². The summed E-state index contributed by atoms with van der Waals surface area (Å²) in [5.74, 6) is -0.416. The first-order valence-corrected chi connectivity index (χ1v) is 11.8. The number of rotatable bonds is 6. The van der Waals surface area contributed by atoms with E-state index < -0.39 is 15.9 Å². The van der Waals surface area contributed by atoms with Crippen molar-refractivity contribution in [1.29, 1.82) is 0 Å². The van der Waals surface area contributed by atoms with E-state index >= 15 is 0 Å². The van der Waals surface area contributed by atoms with Gasteiger partial charge in [-0.15, -0.1) is 22.7 Å². The van der Waals surface area contributed by atoms with Gasteiger partial charge in [-0.05, 0) is 35.7 Å². The van der Waals surface area contributed by atoms with Crippen LogP contribution < -0.4 is 5.32 Å². The Morgan fingerprint density at radius 2 is 1.83 bits per heavy atom. The number of likely N-dealkylation sites (N-methyl/N-ethyl adjacent to an activating group) is 1. The lowest BCUT2D eigenvalue weighted by molar-refractivity contribution is -0.116. The van der Waals surface area contributed by atoms with E-state index in [0.29, 0.717) is 5.69 Å². The van der Waals surface area contributed by atoms with Gasteiger partial charge in [-0.1, -0.05) is 30.3 Å². The van der Waals surface area contributed by atoms with Gasteiger partial charge in [0.25, 0.3) is 10.0 Å². The molecule has 1 amide bonds. The van der Waals surface area contributed by atoms with E-state index in [9.17, 15) is 13.2 Å². The van der Waals surface area contributed by atoms with Crippen molar-refractivity contribution in [3.8, 4) is 10.6 Å². The number of amides is 1. The third kappa shape index (κ3) is 4.08. The van der Waals surface area contributed by atoms with E-state index in [2.05, 4.69) is 10.3 Å². The Bertz CT molecular complexity index is 1230. The van der Waals surface area contributed by atoms with Gasteiger partial charge < -0.3 is 5.32 Å². The maximum atomic E-state index is 12.6. The van der Waals surface area contributed by atoms with Gasteiger partial charge in [0.05, 0.1) is 22.4 Å². The quantitative estimate of drug-likeness (QED) is 0.482. The summed E-state index contributed by atoms with van der Waals surface area (Å²) in [5, 5.41) is 5.31. The molecule has 0 fully saturated rings. The van der Waals surface area contributed by atoms with Crippen LogP contribution in [0.15, 0.2) is 70.3 Å². The molecule has 2 heterocycles. The molecule has 0 aliphatic carbocycles. The minimum atomic E-state index is -3.68. The van der Waals surface area contributed by atoms with Crippen molar-refractivity contribution in [2.45, 2.75) is 4.21 Å². The van der Waals surface area contributed by atoms with E-state index in [-0.39, 0.29) is 10.8 Å². The number of aromatic nitrogens is 1. The number of carbonyl (C=O) groups is 1. The molecule has 0 aliphatic heterocycles. The van der Waals surface area contributed by atoms with Crippen molar-refractivity contribution < 1.29 is 13.2 Å². The van der Waals surface area contributed by atoms with Crippen molar-refractivity contribution >= 4 is 54.5 Å². The Kier molecular flexibility index (Phi) is 5.46. The molecule has 0 atom stereocenters. The van der Waals surface area contributed by atoms with Gasteiger partial charge in [0.1, 0.15) is 9.22 Å². The highest BCUT2D eigenvalue weighted by Gasteiger charge is 2.24. The molecule has 4 aromatic rings. The number of carbonyl (C=O) groups excluding carboxylic acids is 1. The molecule has 1 N–H and O–H groups in total. The summed E-state index contributed by atoms with van der Waals surface area (Å²) in [6.07, 6.45) is 0. The van der Waals surface area contributed by atoms with Gasteiger partial charge in [-0.3, -0.25) is 4.79 Å². The van der Waals surface area contributed by atoms with E-state index in [1.54, 1.807) is 28.8 Å². The number of fused-ring (bicyclic) bond motifs is 1. The summed E-state index contributed by atoms with van der Waals surface area (Å²) in [6, 6.07) is 18.4. The summed E-state index contributed by atoms with van der Waals surface area (Å²) in [6.45, 7) is -0.283. The monoisotopic (exact) mass is 443 g/mol. The minimum absolute atomic E-state index is 0.211. The van der Waals surface area contributed by atoms with Crippen LogP contribution in [0.5, 0.6) is 0 Å². The fourth-order valence-electron chi connectivity index (χ4n) is 2.81. The number of sulfonamides is 1. The lowest BCUT2D eigenvalue weighted by atomic mass is 10.2. The maximum absolute atomic E-state index is 12.6. The van der Waals surface area contributed by atoms with Gasteiger partial charge in [0.2, 0.25) is 5.91 Å². The predicted octanol–water partition coefficient (Wildman–Crippen LogP) is 4.28. The molecule has 4 rings (SSSR count). The molecule has 2 aromatic carbocycles. The van der Waals surface area contributed by atoms with Crippen LogP contribution in [0.3, 0.4) is 0 Å². The van der Waals surface area contributed by atoms with E-state index in [1.165, 1.54) is 13.1 Å². The fourth-order valence-corrected chi connectivity index (χ4v) is 6.14. The first kappa shape index (κ1) is 19.7. The van der Waals surface area contributed by atoms with E-state index in [4.69, 9.17) is 0 Å². The van der Waals surface area contributed by atoms with Crippen LogP contribution in [0.1, 0.15) is 0 Å². The van der Waals surface area contributed by atoms with Gasteiger partial charge in [0, 0.05) is 12.6 Å². The molecule has 0 spiro atoms. The average Bonchev–Trinajstić information content (AvgIpc) is 3.38. The largest absolute Gasteiger partial charge is 0.324 e. The van der Waals surface area contributed by atoms with Crippen LogP contribution in [0.4, 0.5) is 5.69 Å². The third-order valence-electron chi connectivity index (χ3n) is 4.25. The maximum Gasteiger partial charge on any atom is 0.252 e. The molecule has 0 saturated carbocycles. The summed E-state index contributed by atoms with van der Waals surface area (Å²) < 4.78 is 27.4. The summed E-state index contributed by atoms with van der Waals surface area (Å²) in [4.78, 5) is 17.2. The minimum Gasteiger partial charge on any atom is -0.324 e. The normalized spacial score (nSPS) is 11.8. The number of hydrogen-bond donors (Lipinski definition) is 1. The highest BCUT2D eigenvalue weighted by molar-refractivity contribution is 7.91. The second kappa shape index (κ2) is 8.03. The molecule has 0 bridgehead atoms. The van der Waals surface area contributed by atoms with Crippen molar-refractivity contribution in [3.63, 3.8) is 0 Å². The summed E-state index contributed by atoms with van der Waals surface area (Å²) in [7, 11) is -2.28. The number of benzene rings is 2. The predicted molar refractivity (Wildman–Crippen MR) is 118 cm³/mol. The Morgan fingerprint density at radius 3 is 2.59 bits per heavy atom. The first-order valence-electron chi connectivity index (χ1n) is 8.70. The van der Waals surface area contributed by atoms with Gasteiger partial charge >= 0.3 is 0 Å². The third-order valence-corrected chi connectivity index (χ3v) is 8.50. The Hall–Kier alpha value is -2.59. The number of nitrogens with one attached hydrogen (secondary N) is 1. The fraction of sp³-hybridized carbons (Fsp3) is 0.100. The highest BCUT2D eigenvalue weighted by atomic mass is 32.2. The van der Waals surface area contributed by atoms with Gasteiger partial charge in [-0.25, -0.2) is 13.4 Å². The molecule has 148 valence electrons. The molecule has 6 nitrogen and oxygen atoms in total. The zero-order valence-electron chi connectivity index (χ0n) is 15.4. The van der Waals surface area contributed by atoms with E-state index in [0.717, 1.165) is 36.4 Å². The lowest BCUT2D eigenvalue weighted by Crippen LogP contribution is -2.34. The Balaban J connectivity index is 1.55. The molecular weight excluding hydrogens is 426 g/mol. The SMILES string of the molecule is CN(CC(=O)Nc1ccccc1-c1nc2ccccc2s1)S(=O)(=O)c1cccs1. The molecule has 29 heavy (non-hydrogen) atoms. The van der Waals surface area contributed by atoms with Crippen molar-refractivity contribution in [2.75, 3.05) is 18.9 Å². The first-order chi connectivity index (χ1) is 13.9. The van der Waals surface area contributed by atoms with Crippen LogP contribution >= 0.6 is 22.7 Å². The van der Waals surface area contributed by atoms with Gasteiger partial charge in [-0.2, -0.15) is 4.31 Å². The standard InChI is InChI=1S/C20H17N3O3S3/c1-23(29(25,26)19-11-6-12-27-19)13-18(24)21-15-8-3-2-7-14(15)20-22-16-9-4-5-10-17(16)28-20/h2-12H,13H2,1H3,(H,21,24). The highest BCUT2D eigenvalue weighted by Crippen LogP contribution is 2.34. The molecule has 0 saturated heterocycles. The summed E-state index contributed by atoms with van der Waals surface area (Å²) in [5.41, 5.74) is 2.29. The van der Waals surface area contributed by atoms with Crippen LogP contribution in [0.2, 0.25) is 0 Å². The van der Waals surface area contributed by atoms with Crippen molar-refractivity contribution in [2.24, 2.45) is 0 Å². The van der Waals surface area contributed by atoms with Crippen LogP contribution in [-0.2, 0) is 14.8 Å². The van der Waals surface area contributed by atoms with Crippen LogP contribution in [-0.4, -0.2) is 37.2 Å². The Labute approximate surface area is 176 Å². The van der Waals surface area contributed by atoms with Crippen LogP contribution in [0.25, 0.3) is 20.8 Å². The van der Waals surface area contributed by atoms with Gasteiger partial charge in [0.15, 0.2) is 0 Å². The molecule has 0 aliphatic rings. The number of nitrogens with zero attached hydrogens (tertiary/aromatic N) is 2. The topological polar surface area (TPSA) is 79.4 Å². The summed E-state index contributed by atoms with van der Waals surface area (Å²) >= 11 is 2.66. The smallest absolute Gasteiger partial charge is 0.252 e. The molecular formula is C20H17N3O3S3. The number of thiophene rings is 1. The van der Waals surface area contributed by atoms with Crippen molar-refractivity contribution in [1.82, 2.24) is 9.29 Å². The second-order valence-corrected chi connectivity index (χ2v) is 10.5. The van der Waals surface area contributed by atoms with Crippen molar-refractivity contribution in [3.05, 3.63) is 66.0 Å². The molecule has 2 aromatic heterocycles. The zero-order valence-corrected chi connectivity index (χ0v) is 17.9. The van der Waals surface area contributed by atoms with Crippen LogP contribution in [0, 0.1) is 0 Å². The number of hydrogen-bond acceptors (Lipinski definition) is 6. The number of anilines is 1. The number of thiazole rings is 1. The average molecular weight is 444 g/mol. The number of para-hydroxylation sites is 2. The molecule has 9 heteroatoms. The molecule has 0 unspecified atom stereocenters. The zero-order chi connectivity index (χ0) is 20.4. The Morgan fingerprint density at radius 1 is 1.07 bits per heavy atom. The molecule has 0 radical (unpaired) electrons.